The van der Waals surface area contributed by atoms with Crippen LogP contribution in [0.3, 0.4) is 0 Å². The maximum Gasteiger partial charge on any atom is 0.246 e. The number of rotatable bonds is 4. The number of hydrogen-bond donors (Lipinski definition) is 2. The van der Waals surface area contributed by atoms with E-state index in [2.05, 4.69) is 33.0 Å². The lowest BCUT2D eigenvalue weighted by Gasteiger charge is -2.32. The highest BCUT2D eigenvalue weighted by Gasteiger charge is 2.49. The molecule has 7 heteroatoms. The van der Waals surface area contributed by atoms with E-state index in [1.165, 1.54) is 18.1 Å². The van der Waals surface area contributed by atoms with Gasteiger partial charge in [-0.25, -0.2) is 9.97 Å². The monoisotopic (exact) mass is 367 g/mol. The molecule has 3 fully saturated rings. The molecule has 1 saturated carbocycles. The van der Waals surface area contributed by atoms with Gasteiger partial charge in [-0.2, -0.15) is 0 Å². The highest BCUT2D eigenvalue weighted by atomic mass is 16.5. The average molecular weight is 367 g/mol. The minimum atomic E-state index is 0.0181. The lowest BCUT2D eigenvalue weighted by Crippen LogP contribution is -2.46. The molecule has 5 rings (SSSR count). The number of anilines is 1. The summed E-state index contributed by atoms with van der Waals surface area (Å²) in [6.07, 6.45) is 8.32. The fourth-order valence-corrected chi connectivity index (χ4v) is 4.77. The SMILES string of the molecule is C=CC(=O)N1C[C@H]2C[C@H]2[C@@H](Nc2ncnc3[nH]cc(C4CCOCC4)c23)C1. The zero-order chi connectivity index (χ0) is 18.4. The summed E-state index contributed by atoms with van der Waals surface area (Å²) in [5.74, 6) is 2.58. The number of hydrogen-bond acceptors (Lipinski definition) is 5. The van der Waals surface area contributed by atoms with Gasteiger partial charge < -0.3 is 19.9 Å². The third-order valence-corrected chi connectivity index (χ3v) is 6.34. The Hall–Kier alpha value is -2.41. The minimum absolute atomic E-state index is 0.0181. The second-order valence-corrected chi connectivity index (χ2v) is 7.93. The van der Waals surface area contributed by atoms with Crippen LogP contribution in [-0.4, -0.2) is 58.1 Å². The van der Waals surface area contributed by atoms with Crippen molar-refractivity contribution in [1.82, 2.24) is 19.9 Å². The van der Waals surface area contributed by atoms with E-state index in [0.717, 1.165) is 49.5 Å². The van der Waals surface area contributed by atoms with Crippen LogP contribution in [0.2, 0.25) is 0 Å². The fourth-order valence-electron chi connectivity index (χ4n) is 4.77. The Bertz CT molecular complexity index is 872. The number of carbonyl (C=O) groups is 1. The smallest absolute Gasteiger partial charge is 0.246 e. The molecule has 142 valence electrons. The van der Waals surface area contributed by atoms with Crippen molar-refractivity contribution < 1.29 is 9.53 Å². The van der Waals surface area contributed by atoms with Crippen LogP contribution in [0.5, 0.6) is 0 Å². The molecule has 0 aromatic carbocycles. The molecule has 2 aliphatic heterocycles. The Morgan fingerprint density at radius 1 is 1.33 bits per heavy atom. The normalized spacial score (nSPS) is 28.0. The number of carbonyl (C=O) groups excluding carboxylic acids is 1. The molecule has 7 nitrogen and oxygen atoms in total. The van der Waals surface area contributed by atoms with Crippen molar-refractivity contribution >= 4 is 22.8 Å². The molecule has 0 radical (unpaired) electrons. The molecule has 3 aliphatic rings. The van der Waals surface area contributed by atoms with E-state index < -0.39 is 0 Å². The van der Waals surface area contributed by atoms with Crippen LogP contribution >= 0.6 is 0 Å². The summed E-state index contributed by atoms with van der Waals surface area (Å²) in [4.78, 5) is 26.3. The molecule has 3 atom stereocenters. The van der Waals surface area contributed by atoms with Crippen molar-refractivity contribution in [3.63, 3.8) is 0 Å². The van der Waals surface area contributed by atoms with Gasteiger partial charge in [0.15, 0.2) is 0 Å². The number of amides is 1. The lowest BCUT2D eigenvalue weighted by molar-refractivity contribution is -0.127. The Labute approximate surface area is 158 Å². The van der Waals surface area contributed by atoms with Crippen LogP contribution in [0.15, 0.2) is 25.2 Å². The largest absolute Gasteiger partial charge is 0.381 e. The number of likely N-dealkylation sites (tertiary alicyclic amines) is 1. The maximum atomic E-state index is 12.1. The van der Waals surface area contributed by atoms with Crippen molar-refractivity contribution in [2.45, 2.75) is 31.2 Å². The standard InChI is InChI=1S/C20H25N5O2/c1-2-17(26)25-9-13-7-14(13)16(10-25)24-20-18-15(12-3-5-27-6-4-12)8-21-19(18)22-11-23-20/h2,8,11-14,16H,1,3-7,9-10H2,(H2,21,22,23,24)/t13-,14-,16+/m1/s1. The van der Waals surface area contributed by atoms with E-state index in [0.29, 0.717) is 24.3 Å². The van der Waals surface area contributed by atoms with Gasteiger partial charge in [0.1, 0.15) is 17.8 Å². The van der Waals surface area contributed by atoms with Crippen molar-refractivity contribution in [1.29, 1.82) is 0 Å². The highest BCUT2D eigenvalue weighted by Crippen LogP contribution is 2.46. The van der Waals surface area contributed by atoms with Crippen molar-refractivity contribution in [3.8, 4) is 0 Å². The first kappa shape index (κ1) is 16.7. The number of aromatic nitrogens is 3. The summed E-state index contributed by atoms with van der Waals surface area (Å²) in [6.45, 7) is 6.80. The zero-order valence-corrected chi connectivity index (χ0v) is 15.4. The summed E-state index contributed by atoms with van der Waals surface area (Å²) < 4.78 is 5.52. The van der Waals surface area contributed by atoms with Gasteiger partial charge >= 0.3 is 0 Å². The molecular formula is C20H25N5O2. The molecule has 2 saturated heterocycles. The molecular weight excluding hydrogens is 342 g/mol. The molecule has 27 heavy (non-hydrogen) atoms. The third-order valence-electron chi connectivity index (χ3n) is 6.34. The van der Waals surface area contributed by atoms with Gasteiger partial charge in [0.25, 0.3) is 0 Å². The van der Waals surface area contributed by atoms with Gasteiger partial charge in [-0.05, 0) is 48.7 Å². The van der Waals surface area contributed by atoms with Crippen LogP contribution in [0.4, 0.5) is 5.82 Å². The zero-order valence-electron chi connectivity index (χ0n) is 15.4. The fraction of sp³-hybridized carbons (Fsp3) is 0.550. The van der Waals surface area contributed by atoms with Gasteiger partial charge in [0.2, 0.25) is 5.91 Å². The third kappa shape index (κ3) is 3.00. The number of H-pyrrole nitrogens is 1. The number of piperidine rings is 1. The molecule has 2 aromatic rings. The van der Waals surface area contributed by atoms with Gasteiger partial charge in [-0.3, -0.25) is 4.79 Å². The van der Waals surface area contributed by atoms with E-state index in [1.807, 2.05) is 4.90 Å². The molecule has 1 aliphatic carbocycles. The molecule has 0 unspecified atom stereocenters. The van der Waals surface area contributed by atoms with Gasteiger partial charge in [-0.1, -0.05) is 6.58 Å². The van der Waals surface area contributed by atoms with E-state index in [1.54, 1.807) is 6.33 Å². The topological polar surface area (TPSA) is 83.1 Å². The van der Waals surface area contributed by atoms with E-state index in [4.69, 9.17) is 4.74 Å². The van der Waals surface area contributed by atoms with Crippen molar-refractivity contribution in [3.05, 3.63) is 30.7 Å². The second-order valence-electron chi connectivity index (χ2n) is 7.93. The van der Waals surface area contributed by atoms with E-state index >= 15 is 0 Å². The summed E-state index contributed by atoms with van der Waals surface area (Å²) in [6, 6.07) is 0.225. The summed E-state index contributed by atoms with van der Waals surface area (Å²) >= 11 is 0. The molecule has 1 amide bonds. The second kappa shape index (κ2) is 6.64. The van der Waals surface area contributed by atoms with Crippen LogP contribution < -0.4 is 5.32 Å². The Kier molecular flexibility index (Phi) is 4.11. The van der Waals surface area contributed by atoms with Crippen molar-refractivity contribution in [2.75, 3.05) is 31.6 Å². The summed E-state index contributed by atoms with van der Waals surface area (Å²) in [5, 5.41) is 4.75. The summed E-state index contributed by atoms with van der Waals surface area (Å²) in [7, 11) is 0. The number of ether oxygens (including phenoxy) is 1. The van der Waals surface area contributed by atoms with Crippen LogP contribution in [0.1, 0.15) is 30.7 Å². The first-order chi connectivity index (χ1) is 13.2. The molecule has 0 spiro atoms. The van der Waals surface area contributed by atoms with Crippen LogP contribution in [0.25, 0.3) is 11.0 Å². The Morgan fingerprint density at radius 3 is 3.00 bits per heavy atom. The van der Waals surface area contributed by atoms with Gasteiger partial charge in [0, 0.05) is 38.5 Å². The highest BCUT2D eigenvalue weighted by molar-refractivity contribution is 5.91. The number of nitrogens with one attached hydrogen (secondary N) is 2. The lowest BCUT2D eigenvalue weighted by atomic mass is 9.92. The van der Waals surface area contributed by atoms with E-state index in [9.17, 15) is 4.79 Å². The minimum Gasteiger partial charge on any atom is -0.381 e. The quantitative estimate of drug-likeness (QED) is 0.810. The first-order valence-corrected chi connectivity index (χ1v) is 9.82. The van der Waals surface area contributed by atoms with Crippen LogP contribution in [-0.2, 0) is 9.53 Å². The van der Waals surface area contributed by atoms with E-state index in [-0.39, 0.29) is 11.9 Å². The Morgan fingerprint density at radius 2 is 2.19 bits per heavy atom. The van der Waals surface area contributed by atoms with Crippen molar-refractivity contribution in [2.24, 2.45) is 11.8 Å². The first-order valence-electron chi connectivity index (χ1n) is 9.82. The molecule has 0 bridgehead atoms. The van der Waals surface area contributed by atoms with Crippen LogP contribution in [0, 0.1) is 11.8 Å². The number of aromatic amines is 1. The molecule has 2 N–H and O–H groups in total. The number of fused-ring (bicyclic) bond motifs is 2. The average Bonchev–Trinajstić information content (AvgIpc) is 3.37. The predicted molar refractivity (Wildman–Crippen MR) is 102 cm³/mol. The maximum absolute atomic E-state index is 12.1. The number of nitrogens with zero attached hydrogens (tertiary/aromatic N) is 3. The molecule has 2 aromatic heterocycles. The summed E-state index contributed by atoms with van der Waals surface area (Å²) in [5.41, 5.74) is 2.15. The Balaban J connectivity index is 1.44. The molecule has 4 heterocycles. The van der Waals surface area contributed by atoms with Gasteiger partial charge in [-0.15, -0.1) is 0 Å². The van der Waals surface area contributed by atoms with Gasteiger partial charge in [0.05, 0.1) is 5.39 Å². The predicted octanol–water partition coefficient (Wildman–Crippen LogP) is 2.30.